The van der Waals surface area contributed by atoms with Crippen LogP contribution in [0.4, 0.5) is 5.69 Å². The number of hydrogen-bond donors (Lipinski definition) is 2. The van der Waals surface area contributed by atoms with Crippen molar-refractivity contribution in [2.45, 2.75) is 6.42 Å². The fourth-order valence-electron chi connectivity index (χ4n) is 1.90. The monoisotopic (exact) mass is 309 g/mol. The first-order valence-corrected chi connectivity index (χ1v) is 7.15. The van der Waals surface area contributed by atoms with Gasteiger partial charge in [-0.2, -0.15) is 4.99 Å². The number of hydrogen-bond acceptors (Lipinski definition) is 3. The molecule has 0 bridgehead atoms. The van der Waals surface area contributed by atoms with Gasteiger partial charge in [0.15, 0.2) is 0 Å². The topological polar surface area (TPSA) is 76.7 Å². The molecule has 0 saturated heterocycles. The van der Waals surface area contributed by atoms with Crippen LogP contribution < -0.4 is 15.8 Å². The van der Waals surface area contributed by atoms with Gasteiger partial charge in [0.25, 0.3) is 5.91 Å². The fraction of sp³-hybridized carbons (Fsp3) is 0.111. The first kappa shape index (κ1) is 16.3. The summed E-state index contributed by atoms with van der Waals surface area (Å²) in [6.45, 7) is 0. The standard InChI is InChI=1S/C18H19N3O2/c1-23-16-9-7-14(8-10-16)13-18(22)21-17(19)11-12-20-15-5-3-2-4-6-15/h2-12,20H,13H2,1H3,(H2,19,21,22)/b12-11-. The van der Waals surface area contributed by atoms with E-state index in [1.165, 1.54) is 0 Å². The van der Waals surface area contributed by atoms with Crippen LogP contribution >= 0.6 is 0 Å². The maximum atomic E-state index is 11.9. The summed E-state index contributed by atoms with van der Waals surface area (Å²) < 4.78 is 5.07. The summed E-state index contributed by atoms with van der Waals surface area (Å²) >= 11 is 0. The number of carbonyl (C=O) groups is 1. The molecule has 2 aromatic carbocycles. The lowest BCUT2D eigenvalue weighted by Crippen LogP contribution is -2.12. The van der Waals surface area contributed by atoms with Gasteiger partial charge in [-0.3, -0.25) is 4.79 Å². The quantitative estimate of drug-likeness (QED) is 0.635. The van der Waals surface area contributed by atoms with E-state index in [0.29, 0.717) is 0 Å². The lowest BCUT2D eigenvalue weighted by molar-refractivity contribution is -0.117. The number of carbonyl (C=O) groups excluding carboxylic acids is 1. The van der Waals surface area contributed by atoms with Gasteiger partial charge < -0.3 is 15.8 Å². The van der Waals surface area contributed by atoms with E-state index in [0.717, 1.165) is 17.0 Å². The molecule has 0 atom stereocenters. The molecule has 0 aliphatic heterocycles. The van der Waals surface area contributed by atoms with Gasteiger partial charge in [-0.05, 0) is 35.9 Å². The van der Waals surface area contributed by atoms with Crippen LogP contribution in [-0.4, -0.2) is 18.9 Å². The van der Waals surface area contributed by atoms with Crippen molar-refractivity contribution in [1.82, 2.24) is 0 Å². The second-order valence-corrected chi connectivity index (χ2v) is 4.80. The van der Waals surface area contributed by atoms with Gasteiger partial charge in [0.1, 0.15) is 11.6 Å². The van der Waals surface area contributed by atoms with Crippen molar-refractivity contribution in [2.24, 2.45) is 10.7 Å². The van der Waals surface area contributed by atoms with Crippen LogP contribution in [-0.2, 0) is 11.2 Å². The third-order valence-corrected chi connectivity index (χ3v) is 3.05. The van der Waals surface area contributed by atoms with Crippen molar-refractivity contribution in [1.29, 1.82) is 0 Å². The molecular weight excluding hydrogens is 290 g/mol. The molecule has 0 spiro atoms. The molecule has 0 aliphatic carbocycles. The van der Waals surface area contributed by atoms with Crippen LogP contribution in [0.1, 0.15) is 5.56 Å². The number of methoxy groups -OCH3 is 1. The molecule has 0 aliphatic rings. The van der Waals surface area contributed by atoms with Crippen molar-refractivity contribution < 1.29 is 9.53 Å². The summed E-state index contributed by atoms with van der Waals surface area (Å²) in [4.78, 5) is 15.7. The van der Waals surface area contributed by atoms with Crippen molar-refractivity contribution in [2.75, 3.05) is 12.4 Å². The van der Waals surface area contributed by atoms with Gasteiger partial charge in [-0.25, -0.2) is 0 Å². The molecule has 2 rings (SSSR count). The zero-order chi connectivity index (χ0) is 16.5. The van der Waals surface area contributed by atoms with E-state index in [4.69, 9.17) is 10.5 Å². The third-order valence-electron chi connectivity index (χ3n) is 3.05. The number of amidine groups is 1. The van der Waals surface area contributed by atoms with Crippen molar-refractivity contribution in [3.63, 3.8) is 0 Å². The molecule has 0 fully saturated rings. The molecule has 3 N–H and O–H groups in total. The van der Waals surface area contributed by atoms with Crippen LogP contribution in [0.25, 0.3) is 0 Å². The Bertz CT molecular complexity index is 692. The predicted molar refractivity (Wildman–Crippen MR) is 92.5 cm³/mol. The number of amides is 1. The highest BCUT2D eigenvalue weighted by Gasteiger charge is 2.02. The number of nitrogens with two attached hydrogens (primary N) is 1. The van der Waals surface area contributed by atoms with Crippen LogP contribution in [0.15, 0.2) is 71.9 Å². The van der Waals surface area contributed by atoms with Crippen molar-refractivity contribution in [3.05, 3.63) is 72.4 Å². The molecule has 0 unspecified atom stereocenters. The fourth-order valence-corrected chi connectivity index (χ4v) is 1.90. The molecule has 118 valence electrons. The lowest BCUT2D eigenvalue weighted by atomic mass is 10.1. The zero-order valence-electron chi connectivity index (χ0n) is 12.9. The van der Waals surface area contributed by atoms with E-state index < -0.39 is 0 Å². The third kappa shape index (κ3) is 5.67. The Morgan fingerprint density at radius 1 is 1.17 bits per heavy atom. The first-order chi connectivity index (χ1) is 11.2. The van der Waals surface area contributed by atoms with E-state index in [2.05, 4.69) is 10.3 Å². The highest BCUT2D eigenvalue weighted by molar-refractivity contribution is 6.00. The summed E-state index contributed by atoms with van der Waals surface area (Å²) in [5.74, 6) is 0.614. The minimum atomic E-state index is -0.294. The summed E-state index contributed by atoms with van der Waals surface area (Å²) in [5.41, 5.74) is 7.51. The van der Waals surface area contributed by atoms with E-state index >= 15 is 0 Å². The van der Waals surface area contributed by atoms with E-state index in [9.17, 15) is 4.79 Å². The van der Waals surface area contributed by atoms with Gasteiger partial charge in [0.05, 0.1) is 13.5 Å². The summed E-state index contributed by atoms with van der Waals surface area (Å²) in [5, 5.41) is 3.04. The van der Waals surface area contributed by atoms with Crippen LogP contribution in [0.5, 0.6) is 5.75 Å². The second kappa shape index (κ2) is 8.38. The molecule has 5 nitrogen and oxygen atoms in total. The SMILES string of the molecule is COc1ccc(CC(=O)N=C(N)/C=C\Nc2ccccc2)cc1. The first-order valence-electron chi connectivity index (χ1n) is 7.15. The number of rotatable bonds is 6. The molecule has 2 aromatic rings. The number of nitrogens with zero attached hydrogens (tertiary/aromatic N) is 1. The van der Waals surface area contributed by atoms with Crippen LogP contribution in [0.2, 0.25) is 0 Å². The van der Waals surface area contributed by atoms with Gasteiger partial charge in [-0.1, -0.05) is 30.3 Å². The molecule has 0 aromatic heterocycles. The Balaban J connectivity index is 1.87. The van der Waals surface area contributed by atoms with E-state index in [1.54, 1.807) is 31.5 Å². The van der Waals surface area contributed by atoms with Gasteiger partial charge in [0, 0.05) is 11.9 Å². The number of nitrogens with one attached hydrogen (secondary N) is 1. The summed E-state index contributed by atoms with van der Waals surface area (Å²) in [6.07, 6.45) is 3.40. The summed E-state index contributed by atoms with van der Waals surface area (Å²) in [6, 6.07) is 16.9. The Labute approximate surface area is 135 Å². The molecule has 23 heavy (non-hydrogen) atoms. The van der Waals surface area contributed by atoms with Crippen LogP contribution in [0.3, 0.4) is 0 Å². The molecule has 5 heteroatoms. The van der Waals surface area contributed by atoms with E-state index in [1.807, 2.05) is 42.5 Å². The number of benzene rings is 2. The predicted octanol–water partition coefficient (Wildman–Crippen LogP) is 2.75. The average molecular weight is 309 g/mol. The molecule has 0 saturated carbocycles. The normalized spacial score (nSPS) is 11.4. The van der Waals surface area contributed by atoms with E-state index in [-0.39, 0.29) is 18.2 Å². The Morgan fingerprint density at radius 2 is 1.87 bits per heavy atom. The number of para-hydroxylation sites is 1. The van der Waals surface area contributed by atoms with Gasteiger partial charge in [0.2, 0.25) is 0 Å². The largest absolute Gasteiger partial charge is 0.497 e. The minimum Gasteiger partial charge on any atom is -0.497 e. The maximum Gasteiger partial charge on any atom is 0.252 e. The molecule has 0 radical (unpaired) electrons. The van der Waals surface area contributed by atoms with Crippen molar-refractivity contribution >= 4 is 17.4 Å². The lowest BCUT2D eigenvalue weighted by Gasteiger charge is -2.01. The zero-order valence-corrected chi connectivity index (χ0v) is 12.9. The molecule has 0 heterocycles. The maximum absolute atomic E-state index is 11.9. The average Bonchev–Trinajstić information content (AvgIpc) is 2.56. The van der Waals surface area contributed by atoms with Crippen LogP contribution in [0, 0.1) is 0 Å². The number of anilines is 1. The van der Waals surface area contributed by atoms with Crippen molar-refractivity contribution in [3.8, 4) is 5.75 Å². The van der Waals surface area contributed by atoms with Gasteiger partial charge >= 0.3 is 0 Å². The molecular formula is C18H19N3O2. The second-order valence-electron chi connectivity index (χ2n) is 4.80. The highest BCUT2D eigenvalue weighted by atomic mass is 16.5. The smallest absolute Gasteiger partial charge is 0.252 e. The Kier molecular flexibility index (Phi) is 5.94. The minimum absolute atomic E-state index is 0.159. The Hall–Kier alpha value is -3.08. The highest BCUT2D eigenvalue weighted by Crippen LogP contribution is 2.12. The Morgan fingerprint density at radius 3 is 2.52 bits per heavy atom. The molecule has 1 amide bonds. The summed E-state index contributed by atoms with van der Waals surface area (Å²) in [7, 11) is 1.60. The number of aliphatic imine (C=N–C) groups is 1. The number of ether oxygens (including phenoxy) is 1. The van der Waals surface area contributed by atoms with Gasteiger partial charge in [-0.15, -0.1) is 0 Å².